The van der Waals surface area contributed by atoms with Crippen molar-refractivity contribution in [1.29, 1.82) is 5.26 Å². The zero-order chi connectivity index (χ0) is 81.6. The minimum absolute atomic E-state index is 0. The van der Waals surface area contributed by atoms with Crippen molar-refractivity contribution in [3.63, 3.8) is 0 Å². The van der Waals surface area contributed by atoms with Crippen LogP contribution in [0.4, 0.5) is 0 Å². The molecule has 0 unspecified atom stereocenters. The normalized spacial score (nSPS) is 12.4. The van der Waals surface area contributed by atoms with Crippen molar-refractivity contribution in [3.8, 4) is 57.8 Å². The van der Waals surface area contributed by atoms with E-state index in [4.69, 9.17) is 66.8 Å². The molecule has 0 heterocycles. The molecule has 8 rings (SSSR count). The molecule has 608 valence electrons. The van der Waals surface area contributed by atoms with Crippen molar-refractivity contribution in [2.75, 3.05) is 59.6 Å². The fraction of sp³-hybridized carbons (Fsp3) is 0.376. The largest absolute Gasteiger partial charge is 0.494 e. The van der Waals surface area contributed by atoms with E-state index in [1.54, 1.807) is 115 Å². The third kappa shape index (κ3) is 37.4. The molecule has 0 atom stereocenters. The molecular weight excluding hydrogens is 1450 g/mol. The summed E-state index contributed by atoms with van der Waals surface area (Å²) in [7, 11) is 0. The molecule has 0 amide bonds. The van der Waals surface area contributed by atoms with Crippen LogP contribution in [-0.4, -0.2) is 101 Å². The number of hydrogen-bond donors (Lipinski definition) is 0. The molecule has 0 saturated heterocycles. The van der Waals surface area contributed by atoms with Gasteiger partial charge in [-0.1, -0.05) is 58.2 Å². The third-order valence-electron chi connectivity index (χ3n) is 18.1. The lowest BCUT2D eigenvalue weighted by Gasteiger charge is -2.28. The summed E-state index contributed by atoms with van der Waals surface area (Å²) >= 11 is 0. The van der Waals surface area contributed by atoms with E-state index >= 15 is 0 Å². The van der Waals surface area contributed by atoms with Crippen molar-refractivity contribution in [2.45, 2.75) is 161 Å². The van der Waals surface area contributed by atoms with Crippen molar-refractivity contribution < 1.29 is 96.6 Å². The Labute approximate surface area is 672 Å². The molecule has 21 heteroatoms. The van der Waals surface area contributed by atoms with Crippen molar-refractivity contribution in [3.05, 3.63) is 248 Å². The highest BCUT2D eigenvalue weighted by Crippen LogP contribution is 2.38. The summed E-state index contributed by atoms with van der Waals surface area (Å²) in [6.07, 6.45) is 27.0. The maximum Gasteiger partial charge on any atom is 0.343 e. The molecule has 7 aromatic carbocycles. The first-order valence-electron chi connectivity index (χ1n) is 39.3. The lowest BCUT2D eigenvalue weighted by molar-refractivity contribution is -0.138. The molecule has 1 saturated carbocycles. The molecule has 7 aromatic rings. The summed E-state index contributed by atoms with van der Waals surface area (Å²) in [5.41, 5.74) is 3.96. The number of nitriles is 1. The first kappa shape index (κ1) is 91.0. The van der Waals surface area contributed by atoms with Gasteiger partial charge in [0.15, 0.2) is 0 Å². The van der Waals surface area contributed by atoms with Gasteiger partial charge in [-0.25, -0.2) is 33.6 Å². The Kier molecular flexibility index (Phi) is 43.6. The topological polar surface area (TPSA) is 263 Å². The molecule has 21 nitrogen and oxygen atoms in total. The maximum atomic E-state index is 12.7. The van der Waals surface area contributed by atoms with Gasteiger partial charge in [0.1, 0.15) is 51.7 Å². The highest BCUT2D eigenvalue weighted by atomic mass is 16.7. The van der Waals surface area contributed by atoms with Crippen molar-refractivity contribution >= 4 is 41.8 Å². The minimum Gasteiger partial charge on any atom is -0.494 e. The van der Waals surface area contributed by atoms with Crippen molar-refractivity contribution in [2.24, 2.45) is 5.92 Å². The zero-order valence-electron chi connectivity index (χ0n) is 65.9. The smallest absolute Gasteiger partial charge is 0.343 e. The Balaban J connectivity index is 0.000000318. The highest BCUT2D eigenvalue weighted by Gasteiger charge is 2.23. The van der Waals surface area contributed by atoms with Crippen LogP contribution in [0.3, 0.4) is 0 Å². The molecular formula is C93H111NO20. The highest BCUT2D eigenvalue weighted by molar-refractivity contribution is 5.92. The van der Waals surface area contributed by atoms with Crippen LogP contribution in [0.1, 0.15) is 203 Å². The predicted molar refractivity (Wildman–Crippen MR) is 438 cm³/mol. The average Bonchev–Trinajstić information content (AvgIpc) is 0.858. The molecule has 114 heavy (non-hydrogen) atoms. The number of benzene rings is 7. The number of carbonyl (C=O) groups is 7. The van der Waals surface area contributed by atoms with Crippen LogP contribution >= 0.6 is 0 Å². The molecule has 0 spiro atoms. The minimum atomic E-state index is -0.476. The Morgan fingerprint density at radius 3 is 0.991 bits per heavy atom. The van der Waals surface area contributed by atoms with Crippen LogP contribution in [0, 0.1) is 24.2 Å². The predicted octanol–water partition coefficient (Wildman–Crippen LogP) is 20.3. The van der Waals surface area contributed by atoms with E-state index in [0.717, 1.165) is 138 Å². The van der Waals surface area contributed by atoms with Crippen LogP contribution in [-0.2, 0) is 38.1 Å². The van der Waals surface area contributed by atoms with Crippen molar-refractivity contribution in [1.82, 2.24) is 0 Å². The Bertz CT molecular complexity index is 4090. The number of ether oxygens (including phenoxy) is 13. The number of rotatable bonds is 49. The SMILES string of the molecule is C=CC(=O)OCCCCCCOc1ccc(C(=O)Oc2ccc(C#N)cc2)cc1.C=CC(=O)OCCCCCCOc1ccc(C(=O)Oc2ccc(C3CCC(CCC)CC3)cc2)cc1.C=CC(=O)OCCCCCCOc1ccc(OCOc2ccc(OC(=O)c3ccc(OCCCCCCOC(=O)C=C)cc3)cc2C)cc1.[HH]. The standard InChI is InChI=1S/C39H46O10.C31H40O5.C23H23NO5.H2/c1-4-37(40)45-26-12-8-6-10-24-43-32-16-14-31(15-17-32)39(42)49-35-22-23-36(30(3)28-35)48-29-47-34-20-18-33(19-21-34)44-25-11-7-9-13-27-46-38(41)5-2;1-3-9-24-10-12-25(13-11-24)26-14-20-29(21-15-26)36-31(33)27-16-18-28(19-17-27)34-22-7-5-6-8-23-35-30(32)4-2;1-2-22(25)28-16-6-4-3-5-15-27-20-13-9-19(10-14-20)23(26)29-21-11-7-18(17-24)8-12-21;/h4-5,14-23,28H,1-2,6-13,24-27,29H2,3H3;4,14-21,24-25H,2-3,5-13,22-23H2,1H3;2,7-14H,1,3-6,15-16H2;1H. The number of nitrogens with zero attached hydrogens (tertiary/aromatic N) is 1. The molecule has 1 aliphatic carbocycles. The second-order valence-corrected chi connectivity index (χ2v) is 26.8. The van der Waals surface area contributed by atoms with Crippen LogP contribution < -0.4 is 42.6 Å². The lowest BCUT2D eigenvalue weighted by Crippen LogP contribution is -2.13. The van der Waals surface area contributed by atoms with E-state index in [1.165, 1.54) is 56.2 Å². The average molecular weight is 1560 g/mol. The van der Waals surface area contributed by atoms with Gasteiger partial charge < -0.3 is 61.6 Å². The van der Waals surface area contributed by atoms with E-state index in [0.29, 0.717) is 121 Å². The zero-order valence-corrected chi connectivity index (χ0v) is 65.9. The Morgan fingerprint density at radius 2 is 0.667 bits per heavy atom. The molecule has 1 fully saturated rings. The molecule has 0 N–H and O–H groups in total. The van der Waals surface area contributed by atoms with E-state index in [2.05, 4.69) is 45.4 Å². The second-order valence-electron chi connectivity index (χ2n) is 26.8. The molecule has 0 aromatic heterocycles. The van der Waals surface area contributed by atoms with Crippen LogP contribution in [0.2, 0.25) is 0 Å². The van der Waals surface area contributed by atoms with Gasteiger partial charge >= 0.3 is 41.8 Å². The quantitative estimate of drug-likeness (QED) is 0.00856. The summed E-state index contributed by atoms with van der Waals surface area (Å²) in [5.74, 6) is 4.09. The van der Waals surface area contributed by atoms with E-state index in [9.17, 15) is 33.6 Å². The molecule has 0 radical (unpaired) electrons. The fourth-order valence-corrected chi connectivity index (χ4v) is 11.7. The lowest BCUT2D eigenvalue weighted by atomic mass is 9.77. The van der Waals surface area contributed by atoms with Gasteiger partial charge in [0, 0.05) is 25.7 Å². The Hall–Kier alpha value is -11.9. The van der Waals surface area contributed by atoms with Crippen LogP contribution in [0.25, 0.3) is 0 Å². The van der Waals surface area contributed by atoms with Crippen LogP contribution in [0.5, 0.6) is 51.7 Å². The van der Waals surface area contributed by atoms with Gasteiger partial charge in [0.25, 0.3) is 0 Å². The Morgan fingerprint density at radius 1 is 0.368 bits per heavy atom. The fourth-order valence-electron chi connectivity index (χ4n) is 11.7. The number of unbranched alkanes of at least 4 members (excludes halogenated alkanes) is 12. The number of carbonyl (C=O) groups excluding carboxylic acids is 7. The van der Waals surface area contributed by atoms with Gasteiger partial charge in [-0.15, -0.1) is 0 Å². The van der Waals surface area contributed by atoms with Gasteiger partial charge in [-0.05, 0) is 310 Å². The summed E-state index contributed by atoms with van der Waals surface area (Å²) in [5, 5.41) is 8.78. The third-order valence-corrected chi connectivity index (χ3v) is 18.1. The molecule has 1 aliphatic rings. The second kappa shape index (κ2) is 54.7. The number of hydrogen-bond acceptors (Lipinski definition) is 21. The molecule has 0 aliphatic heterocycles. The maximum absolute atomic E-state index is 12.7. The van der Waals surface area contributed by atoms with Gasteiger partial charge in [-0.2, -0.15) is 5.26 Å². The first-order valence-corrected chi connectivity index (χ1v) is 39.3. The van der Waals surface area contributed by atoms with Gasteiger partial charge in [0.2, 0.25) is 6.79 Å². The summed E-state index contributed by atoms with van der Waals surface area (Å²) in [6.45, 7) is 21.6. The number of aryl methyl sites for hydroxylation is 1. The van der Waals surface area contributed by atoms with Gasteiger partial charge in [0.05, 0.1) is 81.2 Å². The monoisotopic (exact) mass is 1560 g/mol. The summed E-state index contributed by atoms with van der Waals surface area (Å²) in [4.78, 5) is 81.3. The van der Waals surface area contributed by atoms with Crippen LogP contribution in [0.15, 0.2) is 214 Å². The summed E-state index contributed by atoms with van der Waals surface area (Å²) < 4.78 is 70.7. The summed E-state index contributed by atoms with van der Waals surface area (Å²) in [6, 6.07) is 49.5. The molecule has 0 bridgehead atoms. The van der Waals surface area contributed by atoms with E-state index < -0.39 is 23.9 Å². The van der Waals surface area contributed by atoms with E-state index in [1.807, 2.05) is 49.4 Å². The van der Waals surface area contributed by atoms with E-state index in [-0.39, 0.29) is 26.1 Å². The number of esters is 7. The first-order chi connectivity index (χ1) is 55.6. The van der Waals surface area contributed by atoms with Gasteiger partial charge in [-0.3, -0.25) is 0 Å².